The van der Waals surface area contributed by atoms with Gasteiger partial charge in [0.25, 0.3) is 0 Å². The van der Waals surface area contributed by atoms with Gasteiger partial charge in [-0.1, -0.05) is 13.3 Å². The molecule has 0 aliphatic carbocycles. The number of hydrogen-bond donors (Lipinski definition) is 1. The Kier molecular flexibility index (Phi) is 9.35. The van der Waals surface area contributed by atoms with Crippen molar-refractivity contribution >= 4 is 41.3 Å². The van der Waals surface area contributed by atoms with Gasteiger partial charge >= 0.3 is 0 Å². The van der Waals surface area contributed by atoms with E-state index < -0.39 is 0 Å². The van der Waals surface area contributed by atoms with Crippen LogP contribution >= 0.6 is 35.3 Å². The van der Waals surface area contributed by atoms with Gasteiger partial charge in [-0.25, -0.2) is 4.98 Å². The molecule has 0 bridgehead atoms. The summed E-state index contributed by atoms with van der Waals surface area (Å²) < 4.78 is 0. The minimum absolute atomic E-state index is 0. The van der Waals surface area contributed by atoms with E-state index in [-0.39, 0.29) is 24.0 Å². The summed E-state index contributed by atoms with van der Waals surface area (Å²) in [6.07, 6.45) is 2.36. The number of aromatic nitrogens is 1. The first kappa shape index (κ1) is 17.6. The number of nitrogens with zero attached hydrogens (tertiary/aromatic N) is 3. The van der Waals surface area contributed by atoms with Gasteiger partial charge in [-0.15, -0.1) is 35.3 Å². The van der Waals surface area contributed by atoms with E-state index in [1.807, 2.05) is 21.0 Å². The lowest BCUT2D eigenvalue weighted by atomic mass is 10.3. The Labute approximate surface area is 131 Å². The van der Waals surface area contributed by atoms with Crippen molar-refractivity contribution in [2.75, 3.05) is 20.6 Å². The Bertz CT molecular complexity index is 365. The smallest absolute Gasteiger partial charge is 0.193 e. The summed E-state index contributed by atoms with van der Waals surface area (Å²) in [4.78, 5) is 10.8. The van der Waals surface area contributed by atoms with E-state index in [1.165, 1.54) is 12.8 Å². The van der Waals surface area contributed by atoms with Crippen LogP contribution in [0.4, 0.5) is 0 Å². The van der Waals surface area contributed by atoms with Crippen molar-refractivity contribution in [3.63, 3.8) is 0 Å². The molecule has 1 aromatic heterocycles. The number of aliphatic imine (C=N–C) groups is 1. The summed E-state index contributed by atoms with van der Waals surface area (Å²) in [5.74, 6) is 0.934. The molecule has 0 aromatic carbocycles. The molecule has 1 aromatic rings. The number of thiazole rings is 1. The lowest BCUT2D eigenvalue weighted by Crippen LogP contribution is -2.38. The van der Waals surface area contributed by atoms with Crippen molar-refractivity contribution in [1.29, 1.82) is 0 Å². The summed E-state index contributed by atoms with van der Waals surface area (Å²) in [5.41, 5.74) is 1.11. The third-order valence-electron chi connectivity index (χ3n) is 2.45. The Balaban J connectivity index is 0.00000289. The van der Waals surface area contributed by atoms with Crippen molar-refractivity contribution in [3.8, 4) is 0 Å². The van der Waals surface area contributed by atoms with Crippen molar-refractivity contribution in [2.24, 2.45) is 4.99 Å². The van der Waals surface area contributed by atoms with E-state index in [2.05, 4.69) is 32.5 Å². The molecule has 0 radical (unpaired) electrons. The molecular formula is C12H23IN4S. The molecule has 0 atom stereocenters. The van der Waals surface area contributed by atoms with Crippen LogP contribution in [0.1, 0.15) is 30.5 Å². The highest BCUT2D eigenvalue weighted by Gasteiger charge is 2.07. The first-order chi connectivity index (χ1) is 8.17. The number of nitrogens with one attached hydrogen (secondary N) is 1. The number of halogens is 1. The molecule has 0 spiro atoms. The summed E-state index contributed by atoms with van der Waals surface area (Å²) in [5, 5.41) is 6.56. The summed E-state index contributed by atoms with van der Waals surface area (Å²) in [6.45, 7) is 5.99. The zero-order valence-electron chi connectivity index (χ0n) is 11.6. The fraction of sp³-hybridized carbons (Fsp3) is 0.667. The molecule has 6 heteroatoms. The van der Waals surface area contributed by atoms with Gasteiger partial charge in [-0.2, -0.15) is 0 Å². The third-order valence-corrected chi connectivity index (χ3v) is 3.27. The Morgan fingerprint density at radius 1 is 1.56 bits per heavy atom. The van der Waals surface area contributed by atoms with Crippen LogP contribution in [0, 0.1) is 6.92 Å². The first-order valence-electron chi connectivity index (χ1n) is 6.00. The van der Waals surface area contributed by atoms with Crippen molar-refractivity contribution < 1.29 is 0 Å². The standard InChI is InChI=1S/C12H22N4S.HI/c1-5-6-7-14-12(13-3)16(4)8-11-9-17-10(2)15-11;/h9H,5-8H2,1-4H3,(H,13,14);1H. The van der Waals surface area contributed by atoms with E-state index >= 15 is 0 Å². The molecule has 0 saturated heterocycles. The van der Waals surface area contributed by atoms with Crippen molar-refractivity contribution in [2.45, 2.75) is 33.2 Å². The van der Waals surface area contributed by atoms with E-state index in [9.17, 15) is 0 Å². The van der Waals surface area contributed by atoms with Crippen LogP contribution in [0.25, 0.3) is 0 Å². The average Bonchev–Trinajstić information content (AvgIpc) is 2.70. The topological polar surface area (TPSA) is 40.5 Å². The second kappa shape index (κ2) is 9.55. The fourth-order valence-corrected chi connectivity index (χ4v) is 2.16. The van der Waals surface area contributed by atoms with Gasteiger partial charge in [0.1, 0.15) is 0 Å². The highest BCUT2D eigenvalue weighted by Crippen LogP contribution is 2.09. The minimum Gasteiger partial charge on any atom is -0.356 e. The van der Waals surface area contributed by atoms with Crippen molar-refractivity contribution in [3.05, 3.63) is 16.1 Å². The van der Waals surface area contributed by atoms with Crippen LogP contribution in [-0.2, 0) is 6.54 Å². The monoisotopic (exact) mass is 382 g/mol. The van der Waals surface area contributed by atoms with Crippen LogP contribution in [0.3, 0.4) is 0 Å². The molecule has 4 nitrogen and oxygen atoms in total. The minimum atomic E-state index is 0. The molecule has 104 valence electrons. The van der Waals surface area contributed by atoms with Gasteiger partial charge in [0, 0.05) is 26.0 Å². The second-order valence-corrected chi connectivity index (χ2v) is 5.10. The normalized spacial score (nSPS) is 11.0. The first-order valence-corrected chi connectivity index (χ1v) is 6.88. The van der Waals surface area contributed by atoms with E-state index in [4.69, 9.17) is 0 Å². The highest BCUT2D eigenvalue weighted by molar-refractivity contribution is 14.0. The van der Waals surface area contributed by atoms with Gasteiger partial charge in [-0.05, 0) is 13.3 Å². The molecule has 0 unspecified atom stereocenters. The van der Waals surface area contributed by atoms with Gasteiger partial charge in [-0.3, -0.25) is 4.99 Å². The molecule has 0 fully saturated rings. The maximum absolute atomic E-state index is 4.46. The number of unbranched alkanes of at least 4 members (excludes halogenated alkanes) is 1. The SMILES string of the molecule is CCCCNC(=NC)N(C)Cc1csc(C)n1.I. The van der Waals surface area contributed by atoms with Gasteiger partial charge < -0.3 is 10.2 Å². The molecule has 18 heavy (non-hydrogen) atoms. The quantitative estimate of drug-likeness (QED) is 0.369. The van der Waals surface area contributed by atoms with Crippen LogP contribution in [0.15, 0.2) is 10.4 Å². The number of guanidine groups is 1. The molecule has 1 rings (SSSR count). The van der Waals surface area contributed by atoms with Gasteiger partial charge in [0.2, 0.25) is 0 Å². The van der Waals surface area contributed by atoms with Crippen LogP contribution in [-0.4, -0.2) is 36.5 Å². The summed E-state index contributed by atoms with van der Waals surface area (Å²) in [7, 11) is 3.85. The maximum atomic E-state index is 4.46. The zero-order chi connectivity index (χ0) is 12.7. The van der Waals surface area contributed by atoms with Crippen LogP contribution < -0.4 is 5.32 Å². The second-order valence-electron chi connectivity index (χ2n) is 4.04. The largest absolute Gasteiger partial charge is 0.356 e. The number of rotatable bonds is 5. The van der Waals surface area contributed by atoms with E-state index in [1.54, 1.807) is 11.3 Å². The van der Waals surface area contributed by atoms with Crippen LogP contribution in [0.5, 0.6) is 0 Å². The lowest BCUT2D eigenvalue weighted by molar-refractivity contribution is 0.469. The maximum Gasteiger partial charge on any atom is 0.193 e. The predicted molar refractivity (Wildman–Crippen MR) is 90.0 cm³/mol. The van der Waals surface area contributed by atoms with Gasteiger partial charge in [0.05, 0.1) is 17.2 Å². The average molecular weight is 382 g/mol. The zero-order valence-corrected chi connectivity index (χ0v) is 14.7. The lowest BCUT2D eigenvalue weighted by Gasteiger charge is -2.21. The Morgan fingerprint density at radius 3 is 2.78 bits per heavy atom. The van der Waals surface area contributed by atoms with Gasteiger partial charge in [0.15, 0.2) is 5.96 Å². The fourth-order valence-electron chi connectivity index (χ4n) is 1.56. The van der Waals surface area contributed by atoms with E-state index in [0.29, 0.717) is 0 Å². The molecule has 0 amide bonds. The molecule has 0 saturated carbocycles. The summed E-state index contributed by atoms with van der Waals surface area (Å²) >= 11 is 1.69. The Morgan fingerprint density at radius 2 is 2.28 bits per heavy atom. The van der Waals surface area contributed by atoms with Crippen molar-refractivity contribution in [1.82, 2.24) is 15.2 Å². The molecule has 0 aliphatic heterocycles. The molecule has 1 heterocycles. The Hall–Kier alpha value is -0.370. The third kappa shape index (κ3) is 5.99. The molecular weight excluding hydrogens is 359 g/mol. The molecule has 1 N–H and O–H groups in total. The van der Waals surface area contributed by atoms with Crippen LogP contribution in [0.2, 0.25) is 0 Å². The number of aryl methyl sites for hydroxylation is 1. The summed E-state index contributed by atoms with van der Waals surface area (Å²) in [6, 6.07) is 0. The predicted octanol–water partition coefficient (Wildman–Crippen LogP) is 2.88. The highest BCUT2D eigenvalue weighted by atomic mass is 127. The molecule has 0 aliphatic rings. The van der Waals surface area contributed by atoms with E-state index in [0.717, 1.165) is 29.8 Å². The number of hydrogen-bond acceptors (Lipinski definition) is 3.